The predicted molar refractivity (Wildman–Crippen MR) is 97.6 cm³/mol. The zero-order valence-corrected chi connectivity index (χ0v) is 15.5. The average molecular weight is 364 g/mol. The Kier molecular flexibility index (Phi) is 6.53. The molecular weight excluding hydrogens is 342 g/mol. The van der Waals surface area contributed by atoms with E-state index in [1.807, 2.05) is 25.1 Å². The topological polar surface area (TPSA) is 56.8 Å². The number of carbonyl (C=O) groups is 1. The van der Waals surface area contributed by atoms with Gasteiger partial charge in [-0.3, -0.25) is 4.79 Å². The first-order valence-corrected chi connectivity index (χ1v) is 8.27. The van der Waals surface area contributed by atoms with E-state index in [2.05, 4.69) is 5.32 Å². The molecule has 0 aliphatic rings. The first-order valence-electron chi connectivity index (χ1n) is 7.89. The van der Waals surface area contributed by atoms with Crippen LogP contribution in [0.25, 0.3) is 0 Å². The molecule has 0 aliphatic carbocycles. The second kappa shape index (κ2) is 8.62. The lowest BCUT2D eigenvalue weighted by molar-refractivity contribution is -0.127. The molecule has 0 saturated carbocycles. The van der Waals surface area contributed by atoms with Gasteiger partial charge in [0.15, 0.2) is 17.6 Å². The zero-order valence-electron chi connectivity index (χ0n) is 14.7. The molecule has 0 spiro atoms. The van der Waals surface area contributed by atoms with Crippen molar-refractivity contribution in [3.05, 3.63) is 53.1 Å². The zero-order chi connectivity index (χ0) is 18.4. The molecule has 25 heavy (non-hydrogen) atoms. The summed E-state index contributed by atoms with van der Waals surface area (Å²) >= 11 is 5.84. The number of methoxy groups -OCH3 is 2. The lowest BCUT2D eigenvalue weighted by atomic mass is 10.1. The summed E-state index contributed by atoms with van der Waals surface area (Å²) in [5, 5.41) is 3.55. The second-order valence-corrected chi connectivity index (χ2v) is 6.00. The number of nitrogens with one attached hydrogen (secondary N) is 1. The Morgan fingerprint density at radius 3 is 2.24 bits per heavy atom. The maximum Gasteiger partial charge on any atom is 0.261 e. The molecule has 0 saturated heterocycles. The minimum Gasteiger partial charge on any atom is -0.493 e. The Labute approximate surface area is 152 Å². The van der Waals surface area contributed by atoms with Gasteiger partial charge in [0.2, 0.25) is 0 Å². The highest BCUT2D eigenvalue weighted by Crippen LogP contribution is 2.30. The highest BCUT2D eigenvalue weighted by atomic mass is 35.5. The van der Waals surface area contributed by atoms with Crippen molar-refractivity contribution in [2.45, 2.75) is 26.0 Å². The summed E-state index contributed by atoms with van der Waals surface area (Å²) in [5.74, 6) is 1.64. The molecule has 0 heterocycles. The van der Waals surface area contributed by atoms with Crippen molar-refractivity contribution in [3.8, 4) is 17.2 Å². The van der Waals surface area contributed by atoms with Gasteiger partial charge < -0.3 is 19.5 Å². The van der Waals surface area contributed by atoms with E-state index >= 15 is 0 Å². The van der Waals surface area contributed by atoms with Crippen molar-refractivity contribution in [1.29, 1.82) is 0 Å². The molecule has 0 radical (unpaired) electrons. The molecule has 1 N–H and O–H groups in total. The van der Waals surface area contributed by atoms with Crippen LogP contribution in [-0.4, -0.2) is 26.2 Å². The summed E-state index contributed by atoms with van der Waals surface area (Å²) in [5.41, 5.74) is 0.907. The van der Waals surface area contributed by atoms with Crippen molar-refractivity contribution in [2.75, 3.05) is 14.2 Å². The van der Waals surface area contributed by atoms with E-state index < -0.39 is 6.10 Å². The Morgan fingerprint density at radius 1 is 1.00 bits per heavy atom. The molecule has 5 nitrogen and oxygen atoms in total. The molecule has 0 aromatic heterocycles. The van der Waals surface area contributed by atoms with E-state index in [4.69, 9.17) is 25.8 Å². The smallest absolute Gasteiger partial charge is 0.261 e. The number of hydrogen-bond acceptors (Lipinski definition) is 4. The number of hydrogen-bond donors (Lipinski definition) is 1. The number of carbonyl (C=O) groups excluding carboxylic acids is 1. The van der Waals surface area contributed by atoms with Crippen molar-refractivity contribution >= 4 is 17.5 Å². The molecule has 2 aromatic rings. The predicted octanol–water partition coefficient (Wildman–Crippen LogP) is 4.00. The van der Waals surface area contributed by atoms with Gasteiger partial charge in [-0.25, -0.2) is 0 Å². The minimum absolute atomic E-state index is 0.205. The summed E-state index contributed by atoms with van der Waals surface area (Å²) in [6.45, 7) is 3.60. The average Bonchev–Trinajstić information content (AvgIpc) is 2.62. The number of ether oxygens (including phenoxy) is 3. The van der Waals surface area contributed by atoms with Crippen molar-refractivity contribution < 1.29 is 19.0 Å². The number of rotatable bonds is 7. The van der Waals surface area contributed by atoms with Crippen LogP contribution in [0.1, 0.15) is 25.5 Å². The number of halogens is 1. The molecule has 0 fully saturated rings. The molecule has 0 bridgehead atoms. The van der Waals surface area contributed by atoms with Gasteiger partial charge in [-0.1, -0.05) is 17.7 Å². The monoisotopic (exact) mass is 363 g/mol. The first-order chi connectivity index (χ1) is 11.9. The maximum atomic E-state index is 12.4. The summed E-state index contributed by atoms with van der Waals surface area (Å²) in [4.78, 5) is 12.4. The van der Waals surface area contributed by atoms with E-state index in [9.17, 15) is 4.79 Å². The summed E-state index contributed by atoms with van der Waals surface area (Å²) in [6, 6.07) is 12.2. The van der Waals surface area contributed by atoms with Crippen molar-refractivity contribution in [3.63, 3.8) is 0 Å². The van der Waals surface area contributed by atoms with Crippen LogP contribution in [0.2, 0.25) is 5.02 Å². The van der Waals surface area contributed by atoms with Gasteiger partial charge in [-0.2, -0.15) is 0 Å². The Hall–Kier alpha value is -2.40. The fraction of sp³-hybridized carbons (Fsp3) is 0.316. The van der Waals surface area contributed by atoms with Gasteiger partial charge in [0.25, 0.3) is 5.91 Å². The number of amides is 1. The van der Waals surface area contributed by atoms with Crippen LogP contribution >= 0.6 is 11.6 Å². The SMILES string of the molecule is COc1ccc([C@H](C)NC(=O)[C@@H](C)Oc2ccc(Cl)cc2)cc1OC. The van der Waals surface area contributed by atoms with Crippen molar-refractivity contribution in [1.82, 2.24) is 5.32 Å². The molecule has 0 unspecified atom stereocenters. The maximum absolute atomic E-state index is 12.4. The minimum atomic E-state index is -0.635. The lowest BCUT2D eigenvalue weighted by Gasteiger charge is -2.20. The molecule has 1 amide bonds. The molecule has 2 aromatic carbocycles. The van der Waals surface area contributed by atoms with Gasteiger partial charge in [-0.15, -0.1) is 0 Å². The Bertz CT molecular complexity index is 718. The first kappa shape index (κ1) is 18.9. The summed E-state index contributed by atoms with van der Waals surface area (Å²) < 4.78 is 16.2. The van der Waals surface area contributed by atoms with Gasteiger partial charge in [-0.05, 0) is 55.8 Å². The third kappa shape index (κ3) is 5.03. The molecule has 134 valence electrons. The van der Waals surface area contributed by atoms with Crippen LogP contribution in [0.15, 0.2) is 42.5 Å². The lowest BCUT2D eigenvalue weighted by Crippen LogP contribution is -2.37. The van der Waals surface area contributed by atoms with E-state index in [1.54, 1.807) is 45.4 Å². The number of benzene rings is 2. The van der Waals surface area contributed by atoms with E-state index in [-0.39, 0.29) is 11.9 Å². The molecule has 2 rings (SSSR count). The van der Waals surface area contributed by atoms with E-state index in [1.165, 1.54) is 0 Å². The third-order valence-corrected chi connectivity index (χ3v) is 4.01. The Morgan fingerprint density at radius 2 is 1.64 bits per heavy atom. The second-order valence-electron chi connectivity index (χ2n) is 5.56. The normalized spacial score (nSPS) is 12.8. The van der Waals surface area contributed by atoms with Gasteiger partial charge in [0.1, 0.15) is 5.75 Å². The van der Waals surface area contributed by atoms with Crippen LogP contribution < -0.4 is 19.5 Å². The standard InChI is InChI=1S/C19H22ClNO4/c1-12(14-5-10-17(23-3)18(11-14)24-4)21-19(22)13(2)25-16-8-6-15(20)7-9-16/h5-13H,1-4H3,(H,21,22)/t12-,13+/m0/s1. The fourth-order valence-corrected chi connectivity index (χ4v) is 2.43. The summed E-state index contributed by atoms with van der Waals surface area (Å²) in [6.07, 6.45) is -0.635. The highest BCUT2D eigenvalue weighted by molar-refractivity contribution is 6.30. The van der Waals surface area contributed by atoms with Gasteiger partial charge >= 0.3 is 0 Å². The van der Waals surface area contributed by atoms with Crippen molar-refractivity contribution in [2.24, 2.45) is 0 Å². The quantitative estimate of drug-likeness (QED) is 0.807. The van der Waals surface area contributed by atoms with Crippen LogP contribution in [0.4, 0.5) is 0 Å². The molecule has 0 aliphatic heterocycles. The van der Waals surface area contributed by atoms with Crippen LogP contribution in [-0.2, 0) is 4.79 Å². The highest BCUT2D eigenvalue weighted by Gasteiger charge is 2.18. The van der Waals surface area contributed by atoms with E-state index in [0.29, 0.717) is 22.3 Å². The Balaban J connectivity index is 2.00. The van der Waals surface area contributed by atoms with Crippen LogP contribution in [0.3, 0.4) is 0 Å². The fourth-order valence-electron chi connectivity index (χ4n) is 2.31. The molecular formula is C19H22ClNO4. The van der Waals surface area contributed by atoms with Gasteiger partial charge in [0.05, 0.1) is 20.3 Å². The molecule has 6 heteroatoms. The van der Waals surface area contributed by atoms with Gasteiger partial charge in [0, 0.05) is 5.02 Å². The van der Waals surface area contributed by atoms with E-state index in [0.717, 1.165) is 5.56 Å². The van der Waals surface area contributed by atoms with Crippen LogP contribution in [0, 0.1) is 0 Å². The summed E-state index contributed by atoms with van der Waals surface area (Å²) in [7, 11) is 3.16. The molecule has 2 atom stereocenters. The largest absolute Gasteiger partial charge is 0.493 e. The third-order valence-electron chi connectivity index (χ3n) is 3.76. The van der Waals surface area contributed by atoms with Crippen LogP contribution in [0.5, 0.6) is 17.2 Å².